The number of nitriles is 1. The highest BCUT2D eigenvalue weighted by Crippen LogP contribution is 2.11. The Balaban J connectivity index is 2.92. The van der Waals surface area contributed by atoms with E-state index >= 15 is 0 Å². The number of carbonyl (C=O) groups is 1. The molecule has 1 aromatic rings. The van der Waals surface area contributed by atoms with Crippen LogP contribution < -0.4 is 4.72 Å². The number of nitrogens with one attached hydrogen (secondary N) is 1. The van der Waals surface area contributed by atoms with Gasteiger partial charge < -0.3 is 5.11 Å². The number of anilines is 1. The minimum Gasteiger partial charge on any atom is -0.478 e. The third-order valence-corrected chi connectivity index (χ3v) is 3.83. The molecule has 0 aliphatic rings. The average Bonchev–Trinajstić information content (AvgIpc) is 2.30. The van der Waals surface area contributed by atoms with E-state index in [4.69, 9.17) is 10.4 Å². The van der Waals surface area contributed by atoms with Crippen molar-refractivity contribution in [2.24, 2.45) is 0 Å². The van der Waals surface area contributed by atoms with Gasteiger partial charge in [-0.05, 0) is 18.6 Å². The summed E-state index contributed by atoms with van der Waals surface area (Å²) in [6, 6.07) is 4.12. The van der Waals surface area contributed by atoms with E-state index in [1.807, 2.05) is 0 Å². The zero-order valence-electron chi connectivity index (χ0n) is 9.49. The number of rotatable bonds is 5. The number of aromatic nitrogens is 1. The van der Waals surface area contributed by atoms with Crippen LogP contribution in [0.5, 0.6) is 0 Å². The molecular weight excluding hydrogens is 258 g/mol. The van der Waals surface area contributed by atoms with E-state index < -0.39 is 21.2 Å². The average molecular weight is 269 g/mol. The zero-order chi connectivity index (χ0) is 13.8. The summed E-state index contributed by atoms with van der Waals surface area (Å²) in [5.41, 5.74) is -0.0507. The molecule has 0 aliphatic carbocycles. The van der Waals surface area contributed by atoms with E-state index in [9.17, 15) is 13.2 Å². The minimum absolute atomic E-state index is 0.0197. The third kappa shape index (κ3) is 3.18. The molecule has 1 aromatic heterocycles. The standard InChI is InChI=1S/C10H11N3O4S/c1-2-8(5-11)18(16,17)13-9-4-3-7(6-12-9)10(14)15/h3-4,6,8H,2H2,1H3,(H,12,13)(H,14,15). The van der Waals surface area contributed by atoms with Crippen LogP contribution >= 0.6 is 0 Å². The molecule has 0 spiro atoms. The number of sulfonamides is 1. The van der Waals surface area contributed by atoms with Gasteiger partial charge in [-0.25, -0.2) is 18.2 Å². The van der Waals surface area contributed by atoms with Gasteiger partial charge in [0.1, 0.15) is 5.82 Å². The van der Waals surface area contributed by atoms with Crippen molar-refractivity contribution >= 4 is 21.8 Å². The van der Waals surface area contributed by atoms with Crippen molar-refractivity contribution < 1.29 is 18.3 Å². The van der Waals surface area contributed by atoms with Crippen molar-refractivity contribution in [3.05, 3.63) is 23.9 Å². The number of aromatic carboxylic acids is 1. The van der Waals surface area contributed by atoms with Crippen LogP contribution in [-0.4, -0.2) is 29.7 Å². The first-order valence-electron chi connectivity index (χ1n) is 5.01. The molecule has 0 saturated carbocycles. The summed E-state index contributed by atoms with van der Waals surface area (Å²) in [7, 11) is -3.83. The fourth-order valence-corrected chi connectivity index (χ4v) is 2.31. The fourth-order valence-electron chi connectivity index (χ4n) is 1.18. The quantitative estimate of drug-likeness (QED) is 0.816. The van der Waals surface area contributed by atoms with Crippen LogP contribution in [0, 0.1) is 11.3 Å². The van der Waals surface area contributed by atoms with Gasteiger partial charge in [0.2, 0.25) is 10.0 Å². The molecular formula is C10H11N3O4S. The SMILES string of the molecule is CCC(C#N)S(=O)(=O)Nc1ccc(C(=O)O)cn1. The van der Waals surface area contributed by atoms with Gasteiger partial charge in [-0.2, -0.15) is 5.26 Å². The van der Waals surface area contributed by atoms with Gasteiger partial charge in [0.25, 0.3) is 0 Å². The summed E-state index contributed by atoms with van der Waals surface area (Å²) < 4.78 is 25.5. The van der Waals surface area contributed by atoms with Crippen molar-refractivity contribution in [3.8, 4) is 6.07 Å². The Labute approximate surface area is 104 Å². The highest BCUT2D eigenvalue weighted by molar-refractivity contribution is 7.93. The monoisotopic (exact) mass is 269 g/mol. The van der Waals surface area contributed by atoms with Gasteiger partial charge in [0.15, 0.2) is 5.25 Å². The lowest BCUT2D eigenvalue weighted by Gasteiger charge is -2.10. The molecule has 8 heteroatoms. The van der Waals surface area contributed by atoms with E-state index in [0.717, 1.165) is 6.20 Å². The first kappa shape index (κ1) is 13.9. The Morgan fingerprint density at radius 1 is 1.61 bits per heavy atom. The van der Waals surface area contributed by atoms with Gasteiger partial charge in [0, 0.05) is 6.20 Å². The van der Waals surface area contributed by atoms with Crippen LogP contribution in [0.25, 0.3) is 0 Å². The molecule has 1 unspecified atom stereocenters. The molecule has 2 N–H and O–H groups in total. The Kier molecular flexibility index (Phi) is 4.23. The predicted octanol–water partition coefficient (Wildman–Crippen LogP) is 0.824. The summed E-state index contributed by atoms with van der Waals surface area (Å²) in [5.74, 6) is -1.17. The van der Waals surface area contributed by atoms with E-state index in [1.165, 1.54) is 12.1 Å². The molecule has 7 nitrogen and oxygen atoms in total. The Bertz CT molecular complexity index is 574. The minimum atomic E-state index is -3.83. The molecule has 1 rings (SSSR count). The second kappa shape index (κ2) is 5.46. The van der Waals surface area contributed by atoms with E-state index in [2.05, 4.69) is 9.71 Å². The Morgan fingerprint density at radius 3 is 2.67 bits per heavy atom. The van der Waals surface area contributed by atoms with E-state index in [0.29, 0.717) is 0 Å². The van der Waals surface area contributed by atoms with E-state index in [-0.39, 0.29) is 17.8 Å². The molecule has 0 bridgehead atoms. The van der Waals surface area contributed by atoms with Gasteiger partial charge in [-0.1, -0.05) is 6.92 Å². The molecule has 1 atom stereocenters. The highest BCUT2D eigenvalue weighted by atomic mass is 32.2. The van der Waals surface area contributed by atoms with Crippen molar-refractivity contribution in [1.82, 2.24) is 4.98 Å². The van der Waals surface area contributed by atoms with Crippen LogP contribution in [-0.2, 0) is 10.0 Å². The summed E-state index contributed by atoms with van der Waals surface area (Å²) in [6.07, 6.45) is 1.19. The topological polar surface area (TPSA) is 120 Å². The first-order chi connectivity index (χ1) is 8.40. The number of hydrogen-bond donors (Lipinski definition) is 2. The van der Waals surface area contributed by atoms with Crippen molar-refractivity contribution in [2.75, 3.05) is 4.72 Å². The molecule has 0 radical (unpaired) electrons. The summed E-state index contributed by atoms with van der Waals surface area (Å²) >= 11 is 0. The second-order valence-electron chi connectivity index (χ2n) is 3.41. The maximum Gasteiger partial charge on any atom is 0.337 e. The summed E-state index contributed by atoms with van der Waals surface area (Å²) in [6.45, 7) is 1.58. The maximum absolute atomic E-state index is 11.7. The number of hydrogen-bond acceptors (Lipinski definition) is 5. The van der Waals surface area contributed by atoms with Gasteiger partial charge in [-0.15, -0.1) is 0 Å². The molecule has 0 fully saturated rings. The Morgan fingerprint density at radius 2 is 2.28 bits per heavy atom. The molecule has 1 heterocycles. The van der Waals surface area contributed by atoms with Crippen LogP contribution in [0.1, 0.15) is 23.7 Å². The van der Waals surface area contributed by atoms with Crippen molar-refractivity contribution in [1.29, 1.82) is 5.26 Å². The molecule has 96 valence electrons. The second-order valence-corrected chi connectivity index (χ2v) is 5.27. The van der Waals surface area contributed by atoms with Crippen LogP contribution in [0.4, 0.5) is 5.82 Å². The summed E-state index contributed by atoms with van der Waals surface area (Å²) in [5, 5.41) is 16.2. The van der Waals surface area contributed by atoms with Gasteiger partial charge >= 0.3 is 5.97 Å². The molecule has 0 aliphatic heterocycles. The molecule has 0 saturated heterocycles. The van der Waals surface area contributed by atoms with Crippen LogP contribution in [0.2, 0.25) is 0 Å². The largest absolute Gasteiger partial charge is 0.478 e. The maximum atomic E-state index is 11.7. The van der Waals surface area contributed by atoms with Crippen LogP contribution in [0.15, 0.2) is 18.3 Å². The van der Waals surface area contributed by atoms with Gasteiger partial charge in [-0.3, -0.25) is 4.72 Å². The fraction of sp³-hybridized carbons (Fsp3) is 0.300. The lowest BCUT2D eigenvalue weighted by molar-refractivity contribution is 0.0696. The predicted molar refractivity (Wildman–Crippen MR) is 63.4 cm³/mol. The zero-order valence-corrected chi connectivity index (χ0v) is 10.3. The molecule has 0 amide bonds. The smallest absolute Gasteiger partial charge is 0.337 e. The van der Waals surface area contributed by atoms with Gasteiger partial charge in [0.05, 0.1) is 11.6 Å². The van der Waals surface area contributed by atoms with Crippen molar-refractivity contribution in [2.45, 2.75) is 18.6 Å². The number of carboxylic acid groups (broad SMARTS) is 1. The van der Waals surface area contributed by atoms with E-state index in [1.54, 1.807) is 13.0 Å². The molecule has 18 heavy (non-hydrogen) atoms. The first-order valence-corrected chi connectivity index (χ1v) is 6.56. The number of nitrogens with zero attached hydrogens (tertiary/aromatic N) is 2. The lowest BCUT2D eigenvalue weighted by Crippen LogP contribution is -2.26. The molecule has 0 aromatic carbocycles. The normalized spacial score (nSPS) is 12.4. The summed E-state index contributed by atoms with van der Waals surface area (Å²) in [4.78, 5) is 14.2. The van der Waals surface area contributed by atoms with Crippen LogP contribution in [0.3, 0.4) is 0 Å². The number of carboxylic acids is 1. The lowest BCUT2D eigenvalue weighted by atomic mass is 10.3. The number of pyridine rings is 1. The van der Waals surface area contributed by atoms with Crippen molar-refractivity contribution in [3.63, 3.8) is 0 Å². The Hall–Kier alpha value is -2.14. The third-order valence-electron chi connectivity index (χ3n) is 2.15. The highest BCUT2D eigenvalue weighted by Gasteiger charge is 2.23.